The van der Waals surface area contributed by atoms with Crippen molar-refractivity contribution in [1.29, 1.82) is 0 Å². The number of carboxylic acids is 1. The summed E-state index contributed by atoms with van der Waals surface area (Å²) in [5.74, 6) is -1.39. The van der Waals surface area contributed by atoms with Gasteiger partial charge < -0.3 is 15.2 Å². The fraction of sp³-hybridized carbons (Fsp3) is 0.467. The summed E-state index contributed by atoms with van der Waals surface area (Å²) < 4.78 is 5.07. The molecule has 110 valence electrons. The van der Waals surface area contributed by atoms with Gasteiger partial charge in [0.1, 0.15) is 0 Å². The molecular formula is C15H21NO4. The zero-order chi connectivity index (χ0) is 15.2. The van der Waals surface area contributed by atoms with Gasteiger partial charge in [0, 0.05) is 13.5 Å². The maximum Gasteiger partial charge on any atom is 0.333 e. The van der Waals surface area contributed by atoms with Crippen LogP contribution in [-0.4, -0.2) is 30.2 Å². The quantitative estimate of drug-likeness (QED) is 0.799. The molecule has 1 aromatic carbocycles. The number of carbonyl (C=O) groups is 2. The van der Waals surface area contributed by atoms with Crippen molar-refractivity contribution in [1.82, 2.24) is 5.32 Å². The lowest BCUT2D eigenvalue weighted by Crippen LogP contribution is -2.49. The van der Waals surface area contributed by atoms with E-state index in [1.807, 2.05) is 6.92 Å². The molecule has 5 nitrogen and oxygen atoms in total. The van der Waals surface area contributed by atoms with Crippen LogP contribution in [0.4, 0.5) is 0 Å². The fourth-order valence-corrected chi connectivity index (χ4v) is 1.81. The van der Waals surface area contributed by atoms with Gasteiger partial charge in [-0.15, -0.1) is 0 Å². The Hall–Kier alpha value is -1.88. The summed E-state index contributed by atoms with van der Waals surface area (Å²) in [6.45, 7) is 3.35. The Balaban J connectivity index is 2.78. The molecule has 0 saturated heterocycles. The third kappa shape index (κ3) is 4.06. The first-order valence-electron chi connectivity index (χ1n) is 6.53. The molecule has 2 atom stereocenters. The van der Waals surface area contributed by atoms with E-state index >= 15 is 0 Å². The molecule has 0 saturated carbocycles. The van der Waals surface area contributed by atoms with E-state index in [0.29, 0.717) is 12.0 Å². The summed E-state index contributed by atoms with van der Waals surface area (Å²) in [6, 6.07) is 8.66. The number of hydrogen-bond acceptors (Lipinski definition) is 3. The van der Waals surface area contributed by atoms with Gasteiger partial charge in [-0.1, -0.05) is 30.3 Å². The molecule has 20 heavy (non-hydrogen) atoms. The standard InChI is InChI=1S/C15H21NO4/c1-11(20-3)9-10-13(17)16-15(2,14(18)19)12-7-5-4-6-8-12/h4-8,11H,9-10H2,1-3H3,(H,16,17)(H,18,19). The van der Waals surface area contributed by atoms with Crippen LogP contribution in [0.5, 0.6) is 0 Å². The number of rotatable bonds is 7. The van der Waals surface area contributed by atoms with E-state index in [0.717, 1.165) is 0 Å². The first-order valence-corrected chi connectivity index (χ1v) is 6.53. The minimum Gasteiger partial charge on any atom is -0.479 e. The van der Waals surface area contributed by atoms with Gasteiger partial charge in [0.2, 0.25) is 5.91 Å². The van der Waals surface area contributed by atoms with E-state index in [4.69, 9.17) is 4.74 Å². The Morgan fingerprint density at radius 3 is 2.45 bits per heavy atom. The number of aliphatic carboxylic acids is 1. The van der Waals surface area contributed by atoms with E-state index in [1.54, 1.807) is 37.4 Å². The Bertz CT molecular complexity index is 460. The summed E-state index contributed by atoms with van der Waals surface area (Å²) in [7, 11) is 1.58. The highest BCUT2D eigenvalue weighted by atomic mass is 16.5. The molecule has 1 aromatic rings. The van der Waals surface area contributed by atoms with Crippen molar-refractivity contribution < 1.29 is 19.4 Å². The van der Waals surface area contributed by atoms with Crippen LogP contribution >= 0.6 is 0 Å². The van der Waals surface area contributed by atoms with Crippen molar-refractivity contribution >= 4 is 11.9 Å². The SMILES string of the molecule is COC(C)CCC(=O)NC(C)(C(=O)O)c1ccccc1. The minimum absolute atomic E-state index is 0.0337. The maximum absolute atomic E-state index is 11.9. The van der Waals surface area contributed by atoms with Crippen LogP contribution in [0, 0.1) is 0 Å². The first-order chi connectivity index (χ1) is 9.40. The molecule has 2 unspecified atom stereocenters. The Morgan fingerprint density at radius 1 is 1.35 bits per heavy atom. The van der Waals surface area contributed by atoms with Gasteiger partial charge in [-0.05, 0) is 25.8 Å². The molecule has 0 spiro atoms. The highest BCUT2D eigenvalue weighted by molar-refractivity contribution is 5.87. The van der Waals surface area contributed by atoms with E-state index in [-0.39, 0.29) is 18.4 Å². The molecule has 0 fully saturated rings. The zero-order valence-corrected chi connectivity index (χ0v) is 12.1. The lowest BCUT2D eigenvalue weighted by Gasteiger charge is -2.27. The highest BCUT2D eigenvalue weighted by Crippen LogP contribution is 2.21. The van der Waals surface area contributed by atoms with E-state index in [9.17, 15) is 14.7 Å². The van der Waals surface area contributed by atoms with Gasteiger partial charge in [0.15, 0.2) is 5.54 Å². The first kappa shape index (κ1) is 16.2. The molecule has 1 rings (SSSR count). The average Bonchev–Trinajstić information content (AvgIpc) is 2.45. The topological polar surface area (TPSA) is 75.6 Å². The third-order valence-corrected chi connectivity index (χ3v) is 3.35. The van der Waals surface area contributed by atoms with Gasteiger partial charge >= 0.3 is 5.97 Å². The number of carbonyl (C=O) groups excluding carboxylic acids is 1. The monoisotopic (exact) mass is 279 g/mol. The van der Waals surface area contributed by atoms with Gasteiger partial charge in [-0.2, -0.15) is 0 Å². The number of hydrogen-bond donors (Lipinski definition) is 2. The third-order valence-electron chi connectivity index (χ3n) is 3.35. The van der Waals surface area contributed by atoms with Crippen LogP contribution < -0.4 is 5.32 Å². The molecule has 2 N–H and O–H groups in total. The number of benzene rings is 1. The fourth-order valence-electron chi connectivity index (χ4n) is 1.81. The van der Waals surface area contributed by atoms with E-state index in [1.165, 1.54) is 6.92 Å². The molecular weight excluding hydrogens is 258 g/mol. The van der Waals surface area contributed by atoms with Crippen LogP contribution in [-0.2, 0) is 19.9 Å². The number of carboxylic acid groups (broad SMARTS) is 1. The van der Waals surface area contributed by atoms with Crippen LogP contribution in [0.25, 0.3) is 0 Å². The van der Waals surface area contributed by atoms with Gasteiger partial charge in [0.25, 0.3) is 0 Å². The molecule has 1 amide bonds. The van der Waals surface area contributed by atoms with Gasteiger partial charge in [-0.3, -0.25) is 4.79 Å². The van der Waals surface area contributed by atoms with Crippen molar-refractivity contribution in [2.45, 2.75) is 38.3 Å². The summed E-state index contributed by atoms with van der Waals surface area (Å²) in [5, 5.41) is 12.0. The van der Waals surface area contributed by atoms with Gasteiger partial charge in [-0.25, -0.2) is 4.79 Å². The summed E-state index contributed by atoms with van der Waals surface area (Å²) in [6.07, 6.45) is 0.742. The predicted octanol–water partition coefficient (Wildman–Crippen LogP) is 1.92. The van der Waals surface area contributed by atoms with Crippen molar-refractivity contribution in [3.8, 4) is 0 Å². The van der Waals surface area contributed by atoms with E-state index in [2.05, 4.69) is 5.32 Å². The second kappa shape index (κ2) is 7.05. The Morgan fingerprint density at radius 2 is 1.95 bits per heavy atom. The van der Waals surface area contributed by atoms with E-state index < -0.39 is 11.5 Å². The molecule has 0 aliphatic rings. The normalized spacial score (nSPS) is 15.2. The molecule has 5 heteroatoms. The molecule has 0 heterocycles. The number of ether oxygens (including phenoxy) is 1. The molecule has 0 radical (unpaired) electrons. The summed E-state index contributed by atoms with van der Waals surface area (Å²) in [4.78, 5) is 23.4. The molecule has 0 aliphatic heterocycles. The predicted molar refractivity (Wildman–Crippen MR) is 75.3 cm³/mol. The van der Waals surface area contributed by atoms with Crippen molar-refractivity contribution in [3.05, 3.63) is 35.9 Å². The largest absolute Gasteiger partial charge is 0.479 e. The average molecular weight is 279 g/mol. The number of nitrogens with one attached hydrogen (secondary N) is 1. The number of amides is 1. The second-order valence-electron chi connectivity index (χ2n) is 4.93. The molecule has 0 bridgehead atoms. The summed E-state index contributed by atoms with van der Waals surface area (Å²) in [5.41, 5.74) is -0.880. The molecule has 0 aromatic heterocycles. The van der Waals surface area contributed by atoms with Crippen LogP contribution in [0.15, 0.2) is 30.3 Å². The van der Waals surface area contributed by atoms with Gasteiger partial charge in [0.05, 0.1) is 6.10 Å². The molecule has 0 aliphatic carbocycles. The van der Waals surface area contributed by atoms with Crippen LogP contribution in [0.2, 0.25) is 0 Å². The highest BCUT2D eigenvalue weighted by Gasteiger charge is 2.36. The maximum atomic E-state index is 11.9. The van der Waals surface area contributed by atoms with Crippen LogP contribution in [0.1, 0.15) is 32.3 Å². The summed E-state index contributed by atoms with van der Waals surface area (Å²) >= 11 is 0. The van der Waals surface area contributed by atoms with Crippen LogP contribution in [0.3, 0.4) is 0 Å². The Labute approximate surface area is 118 Å². The smallest absolute Gasteiger partial charge is 0.333 e. The Kier molecular flexibility index (Phi) is 5.70. The van der Waals surface area contributed by atoms with Crippen molar-refractivity contribution in [2.24, 2.45) is 0 Å². The second-order valence-corrected chi connectivity index (χ2v) is 4.93. The van der Waals surface area contributed by atoms with Crippen molar-refractivity contribution in [3.63, 3.8) is 0 Å². The lowest BCUT2D eigenvalue weighted by atomic mass is 9.92. The van der Waals surface area contributed by atoms with Crippen molar-refractivity contribution in [2.75, 3.05) is 7.11 Å². The number of methoxy groups -OCH3 is 1. The lowest BCUT2D eigenvalue weighted by molar-refractivity contribution is -0.147. The zero-order valence-electron chi connectivity index (χ0n) is 12.1. The minimum atomic E-state index is -1.42.